The van der Waals surface area contributed by atoms with E-state index in [0.717, 1.165) is 23.1 Å². The number of aromatic nitrogens is 1. The van der Waals surface area contributed by atoms with Gasteiger partial charge < -0.3 is 9.64 Å². The number of fused-ring (bicyclic) bond motifs is 1. The van der Waals surface area contributed by atoms with E-state index in [2.05, 4.69) is 63.9 Å². The van der Waals surface area contributed by atoms with E-state index in [-0.39, 0.29) is 12.2 Å². The van der Waals surface area contributed by atoms with E-state index in [0.29, 0.717) is 0 Å². The molecule has 0 unspecified atom stereocenters. The number of pyridine rings is 1. The number of nitrogens with zero attached hydrogens (tertiary/aromatic N) is 2. The minimum Gasteiger partial charge on any atom is -0.372 e. The lowest BCUT2D eigenvalue weighted by atomic mass is 10.1. The maximum atomic E-state index is 5.80. The normalized spacial score (nSPS) is 23.8. The molecule has 3 rings (SSSR count). The predicted molar refractivity (Wildman–Crippen MR) is 81.7 cm³/mol. The summed E-state index contributed by atoms with van der Waals surface area (Å²) in [5.41, 5.74) is 2.28. The van der Waals surface area contributed by atoms with Gasteiger partial charge in [0, 0.05) is 34.8 Å². The topological polar surface area (TPSA) is 25.4 Å². The maximum Gasteiger partial charge on any atom is 0.0734 e. The monoisotopic (exact) mass is 320 g/mol. The van der Waals surface area contributed by atoms with Crippen LogP contribution in [0.4, 0.5) is 5.69 Å². The average molecular weight is 321 g/mol. The second-order valence-electron chi connectivity index (χ2n) is 5.15. The Bertz CT molecular complexity index is 592. The van der Waals surface area contributed by atoms with Crippen molar-refractivity contribution < 1.29 is 4.74 Å². The van der Waals surface area contributed by atoms with Gasteiger partial charge in [-0.2, -0.15) is 0 Å². The fourth-order valence-electron chi connectivity index (χ4n) is 2.76. The first-order valence-electron chi connectivity index (χ1n) is 6.58. The Morgan fingerprint density at radius 3 is 2.68 bits per heavy atom. The smallest absolute Gasteiger partial charge is 0.0734 e. The highest BCUT2D eigenvalue weighted by molar-refractivity contribution is 9.10. The number of ether oxygens (including phenoxy) is 1. The summed E-state index contributed by atoms with van der Waals surface area (Å²) in [5, 5.41) is 1.20. The molecule has 2 heterocycles. The third-order valence-electron chi connectivity index (χ3n) is 3.44. The van der Waals surface area contributed by atoms with E-state index in [9.17, 15) is 0 Å². The molecule has 0 aliphatic carbocycles. The van der Waals surface area contributed by atoms with Crippen LogP contribution in [0.25, 0.3) is 10.9 Å². The van der Waals surface area contributed by atoms with Crippen LogP contribution in [-0.4, -0.2) is 30.3 Å². The quantitative estimate of drug-likeness (QED) is 0.802. The van der Waals surface area contributed by atoms with Gasteiger partial charge in [-0.15, -0.1) is 0 Å². The molecule has 100 valence electrons. The van der Waals surface area contributed by atoms with E-state index in [1.807, 2.05) is 6.20 Å². The number of benzene rings is 1. The van der Waals surface area contributed by atoms with Crippen molar-refractivity contribution in [1.82, 2.24) is 4.98 Å². The van der Waals surface area contributed by atoms with Gasteiger partial charge in [0.2, 0.25) is 0 Å². The molecular formula is C15H17BrN2O. The minimum atomic E-state index is 0.266. The molecule has 0 spiro atoms. The molecule has 0 radical (unpaired) electrons. The van der Waals surface area contributed by atoms with Crippen LogP contribution in [0.3, 0.4) is 0 Å². The lowest BCUT2D eigenvalue weighted by molar-refractivity contribution is -0.00513. The molecule has 0 N–H and O–H groups in total. The second-order valence-corrected chi connectivity index (χ2v) is 6.07. The Kier molecular flexibility index (Phi) is 3.46. The summed E-state index contributed by atoms with van der Waals surface area (Å²) in [5.74, 6) is 0. The van der Waals surface area contributed by atoms with Crippen molar-refractivity contribution in [2.24, 2.45) is 0 Å². The largest absolute Gasteiger partial charge is 0.372 e. The highest BCUT2D eigenvalue weighted by Crippen LogP contribution is 2.29. The van der Waals surface area contributed by atoms with Gasteiger partial charge in [-0.25, -0.2) is 0 Å². The van der Waals surface area contributed by atoms with Crippen LogP contribution in [0.2, 0.25) is 0 Å². The Morgan fingerprint density at radius 2 is 1.95 bits per heavy atom. The standard InChI is InChI=1S/C15H17BrN2O/c1-10-8-18(9-11(2)19-10)15-5-6-17-14-7-12(16)3-4-13(14)15/h3-7,10-11H,8-9H2,1-2H3/t10-,11+. The molecule has 1 aromatic heterocycles. The van der Waals surface area contributed by atoms with Crippen LogP contribution in [0.1, 0.15) is 13.8 Å². The zero-order valence-electron chi connectivity index (χ0n) is 11.1. The number of hydrogen-bond acceptors (Lipinski definition) is 3. The molecule has 1 aliphatic heterocycles. The van der Waals surface area contributed by atoms with Crippen molar-refractivity contribution in [3.8, 4) is 0 Å². The summed E-state index contributed by atoms with van der Waals surface area (Å²) in [4.78, 5) is 6.85. The van der Waals surface area contributed by atoms with E-state index >= 15 is 0 Å². The van der Waals surface area contributed by atoms with Crippen LogP contribution in [0.15, 0.2) is 34.9 Å². The van der Waals surface area contributed by atoms with Gasteiger partial charge >= 0.3 is 0 Å². The van der Waals surface area contributed by atoms with Crippen LogP contribution >= 0.6 is 15.9 Å². The lowest BCUT2D eigenvalue weighted by Crippen LogP contribution is -2.45. The summed E-state index contributed by atoms with van der Waals surface area (Å²) in [6.45, 7) is 6.12. The van der Waals surface area contributed by atoms with Crippen molar-refractivity contribution in [2.75, 3.05) is 18.0 Å². The number of halogens is 1. The number of rotatable bonds is 1. The first-order chi connectivity index (χ1) is 9.13. The molecule has 2 aromatic rings. The zero-order chi connectivity index (χ0) is 13.4. The van der Waals surface area contributed by atoms with Gasteiger partial charge in [-0.05, 0) is 38.1 Å². The average Bonchev–Trinajstić information content (AvgIpc) is 2.36. The highest BCUT2D eigenvalue weighted by atomic mass is 79.9. The maximum absolute atomic E-state index is 5.80. The van der Waals surface area contributed by atoms with Gasteiger partial charge in [-0.3, -0.25) is 4.98 Å². The van der Waals surface area contributed by atoms with Crippen molar-refractivity contribution in [3.63, 3.8) is 0 Å². The first kappa shape index (κ1) is 12.9. The van der Waals surface area contributed by atoms with Gasteiger partial charge in [0.1, 0.15) is 0 Å². The van der Waals surface area contributed by atoms with Crippen LogP contribution in [-0.2, 0) is 4.74 Å². The predicted octanol–water partition coefficient (Wildman–Crippen LogP) is 3.61. The summed E-state index contributed by atoms with van der Waals surface area (Å²) in [7, 11) is 0. The van der Waals surface area contributed by atoms with E-state index in [4.69, 9.17) is 4.74 Å². The van der Waals surface area contributed by atoms with Crippen molar-refractivity contribution in [2.45, 2.75) is 26.1 Å². The Labute approximate surface area is 121 Å². The van der Waals surface area contributed by atoms with Crippen molar-refractivity contribution in [3.05, 3.63) is 34.9 Å². The first-order valence-corrected chi connectivity index (χ1v) is 7.37. The Hall–Kier alpha value is -1.13. The fraction of sp³-hybridized carbons (Fsp3) is 0.400. The zero-order valence-corrected chi connectivity index (χ0v) is 12.7. The highest BCUT2D eigenvalue weighted by Gasteiger charge is 2.23. The number of morpholine rings is 1. The van der Waals surface area contributed by atoms with Gasteiger partial charge in [0.25, 0.3) is 0 Å². The summed E-state index contributed by atoms with van der Waals surface area (Å²) < 4.78 is 6.87. The molecule has 1 aromatic carbocycles. The summed E-state index contributed by atoms with van der Waals surface area (Å²) in [6.07, 6.45) is 2.42. The third-order valence-corrected chi connectivity index (χ3v) is 3.94. The van der Waals surface area contributed by atoms with Crippen LogP contribution < -0.4 is 4.90 Å². The lowest BCUT2D eigenvalue weighted by Gasteiger charge is -2.37. The van der Waals surface area contributed by atoms with E-state index in [1.165, 1.54) is 11.1 Å². The van der Waals surface area contributed by atoms with Crippen molar-refractivity contribution in [1.29, 1.82) is 0 Å². The SMILES string of the molecule is C[C@@H]1CN(c2ccnc3cc(Br)ccc23)C[C@H](C)O1. The summed E-state index contributed by atoms with van der Waals surface area (Å²) >= 11 is 3.50. The molecule has 3 nitrogen and oxygen atoms in total. The Balaban J connectivity index is 2.04. The van der Waals surface area contributed by atoms with Crippen LogP contribution in [0.5, 0.6) is 0 Å². The van der Waals surface area contributed by atoms with E-state index < -0.39 is 0 Å². The molecule has 1 saturated heterocycles. The molecule has 1 fully saturated rings. The molecule has 0 amide bonds. The molecule has 0 bridgehead atoms. The Morgan fingerprint density at radius 1 is 1.21 bits per heavy atom. The molecule has 2 atom stereocenters. The molecule has 1 aliphatic rings. The van der Waals surface area contributed by atoms with Gasteiger partial charge in [0.15, 0.2) is 0 Å². The molecule has 0 saturated carbocycles. The number of hydrogen-bond donors (Lipinski definition) is 0. The van der Waals surface area contributed by atoms with Crippen LogP contribution in [0, 0.1) is 0 Å². The summed E-state index contributed by atoms with van der Waals surface area (Å²) in [6, 6.07) is 8.36. The van der Waals surface area contributed by atoms with Gasteiger partial charge in [0.05, 0.1) is 17.7 Å². The fourth-order valence-corrected chi connectivity index (χ4v) is 3.11. The second kappa shape index (κ2) is 5.10. The van der Waals surface area contributed by atoms with E-state index in [1.54, 1.807) is 0 Å². The third kappa shape index (κ3) is 2.60. The van der Waals surface area contributed by atoms with Crippen molar-refractivity contribution >= 4 is 32.5 Å². The minimum absolute atomic E-state index is 0.266. The molecule has 19 heavy (non-hydrogen) atoms. The molecular weight excluding hydrogens is 304 g/mol. The van der Waals surface area contributed by atoms with Gasteiger partial charge in [-0.1, -0.05) is 15.9 Å². The number of anilines is 1. The molecule has 4 heteroatoms.